The molecule has 108 valence electrons. The fraction of sp³-hybridized carbons (Fsp3) is 0.538. The topological polar surface area (TPSA) is 78.6 Å². The van der Waals surface area contributed by atoms with Crippen molar-refractivity contribution in [1.82, 2.24) is 0 Å². The average Bonchev–Trinajstić information content (AvgIpc) is 2.43. The lowest BCUT2D eigenvalue weighted by Gasteiger charge is -2.07. The van der Waals surface area contributed by atoms with Crippen LogP contribution in [0.5, 0.6) is 0 Å². The van der Waals surface area contributed by atoms with E-state index in [2.05, 4.69) is 0 Å². The molecule has 0 spiro atoms. The number of hydrogen-bond acceptors (Lipinski definition) is 5. The van der Waals surface area contributed by atoms with Crippen LogP contribution in [0.15, 0.2) is 29.2 Å². The van der Waals surface area contributed by atoms with Gasteiger partial charge in [0.2, 0.25) is 0 Å². The smallest absolute Gasteiger partial charge is 0.180 e. The van der Waals surface area contributed by atoms with Crippen molar-refractivity contribution in [2.24, 2.45) is 5.73 Å². The molecule has 0 radical (unpaired) electrons. The second kappa shape index (κ2) is 8.27. The maximum atomic E-state index is 12.0. The molecule has 0 bridgehead atoms. The third-order valence-corrected chi connectivity index (χ3v) is 4.24. The van der Waals surface area contributed by atoms with Gasteiger partial charge in [-0.25, -0.2) is 8.42 Å². The number of hydrogen-bond donors (Lipinski definition) is 1. The predicted molar refractivity (Wildman–Crippen MR) is 73.7 cm³/mol. The summed E-state index contributed by atoms with van der Waals surface area (Å²) in [6, 6.07) is 6.69. The SMILES string of the molecule is CCOCCOCCS(=O)(=O)c1cccc(CN)c1. The van der Waals surface area contributed by atoms with Gasteiger partial charge in [0.25, 0.3) is 0 Å². The Balaban J connectivity index is 2.46. The Labute approximate surface area is 114 Å². The Morgan fingerprint density at radius 1 is 1.16 bits per heavy atom. The van der Waals surface area contributed by atoms with Crippen molar-refractivity contribution < 1.29 is 17.9 Å². The van der Waals surface area contributed by atoms with Crippen LogP contribution in [0.3, 0.4) is 0 Å². The highest BCUT2D eigenvalue weighted by Crippen LogP contribution is 2.13. The van der Waals surface area contributed by atoms with Gasteiger partial charge in [0, 0.05) is 13.2 Å². The molecule has 0 aliphatic carbocycles. The molecule has 1 aromatic rings. The van der Waals surface area contributed by atoms with E-state index in [4.69, 9.17) is 15.2 Å². The second-order valence-corrected chi connectivity index (χ2v) is 6.09. The number of rotatable bonds is 9. The molecule has 0 fully saturated rings. The van der Waals surface area contributed by atoms with Gasteiger partial charge < -0.3 is 15.2 Å². The van der Waals surface area contributed by atoms with Gasteiger partial charge in [-0.2, -0.15) is 0 Å². The van der Waals surface area contributed by atoms with E-state index in [0.717, 1.165) is 5.56 Å². The molecule has 0 aromatic heterocycles. The van der Waals surface area contributed by atoms with E-state index in [1.807, 2.05) is 6.92 Å². The fourth-order valence-corrected chi connectivity index (χ4v) is 2.71. The second-order valence-electron chi connectivity index (χ2n) is 3.98. The van der Waals surface area contributed by atoms with Crippen LogP contribution in [0.4, 0.5) is 0 Å². The molecule has 0 atom stereocenters. The van der Waals surface area contributed by atoms with Gasteiger partial charge in [0.15, 0.2) is 9.84 Å². The lowest BCUT2D eigenvalue weighted by atomic mass is 10.2. The molecule has 0 amide bonds. The lowest BCUT2D eigenvalue weighted by molar-refractivity contribution is 0.0590. The predicted octanol–water partition coefficient (Wildman–Crippen LogP) is 0.972. The van der Waals surface area contributed by atoms with Crippen molar-refractivity contribution in [3.05, 3.63) is 29.8 Å². The minimum absolute atomic E-state index is 0.0346. The van der Waals surface area contributed by atoms with Crippen LogP contribution in [-0.2, 0) is 25.9 Å². The minimum Gasteiger partial charge on any atom is -0.379 e. The minimum atomic E-state index is -3.31. The van der Waals surface area contributed by atoms with Crippen molar-refractivity contribution >= 4 is 9.84 Å². The monoisotopic (exact) mass is 287 g/mol. The molecule has 1 rings (SSSR count). The number of nitrogens with two attached hydrogens (primary N) is 1. The number of benzene rings is 1. The molecule has 6 heteroatoms. The van der Waals surface area contributed by atoms with Crippen LogP contribution in [0.25, 0.3) is 0 Å². The first-order valence-corrected chi connectivity index (χ1v) is 7.92. The Morgan fingerprint density at radius 2 is 1.89 bits per heavy atom. The summed E-state index contributed by atoms with van der Waals surface area (Å²) in [5.41, 5.74) is 6.30. The number of sulfone groups is 1. The molecular formula is C13H21NO4S. The van der Waals surface area contributed by atoms with Crippen LogP contribution >= 0.6 is 0 Å². The van der Waals surface area contributed by atoms with Crippen molar-refractivity contribution in [1.29, 1.82) is 0 Å². The van der Waals surface area contributed by atoms with Crippen LogP contribution in [0.2, 0.25) is 0 Å². The third-order valence-electron chi connectivity index (χ3n) is 2.57. The van der Waals surface area contributed by atoms with E-state index < -0.39 is 9.84 Å². The number of ether oxygens (including phenoxy) is 2. The van der Waals surface area contributed by atoms with Crippen molar-refractivity contribution in [3.63, 3.8) is 0 Å². The van der Waals surface area contributed by atoms with Crippen LogP contribution in [-0.4, -0.2) is 40.6 Å². The van der Waals surface area contributed by atoms with Crippen LogP contribution < -0.4 is 5.73 Å². The summed E-state index contributed by atoms with van der Waals surface area (Å²) in [5.74, 6) is -0.0346. The van der Waals surface area contributed by atoms with E-state index >= 15 is 0 Å². The summed E-state index contributed by atoms with van der Waals surface area (Å²) in [7, 11) is -3.31. The molecule has 0 aliphatic heterocycles. The molecule has 2 N–H and O–H groups in total. The molecule has 0 unspecified atom stereocenters. The lowest BCUT2D eigenvalue weighted by Crippen LogP contribution is -2.15. The normalized spacial score (nSPS) is 11.7. The molecule has 0 saturated carbocycles. The van der Waals surface area contributed by atoms with Crippen molar-refractivity contribution in [2.45, 2.75) is 18.4 Å². The van der Waals surface area contributed by atoms with Gasteiger partial charge in [-0.1, -0.05) is 12.1 Å². The largest absolute Gasteiger partial charge is 0.379 e. The van der Waals surface area contributed by atoms with Crippen molar-refractivity contribution in [2.75, 3.05) is 32.2 Å². The highest BCUT2D eigenvalue weighted by atomic mass is 32.2. The maximum Gasteiger partial charge on any atom is 0.180 e. The molecule has 19 heavy (non-hydrogen) atoms. The van der Waals surface area contributed by atoms with Gasteiger partial charge in [-0.05, 0) is 24.6 Å². The Morgan fingerprint density at radius 3 is 2.58 bits per heavy atom. The first-order chi connectivity index (χ1) is 9.10. The first kappa shape index (κ1) is 16.1. The Bertz CT molecular complexity index is 473. The summed E-state index contributed by atoms with van der Waals surface area (Å²) in [6.45, 7) is 3.92. The van der Waals surface area contributed by atoms with Gasteiger partial charge in [0.1, 0.15) is 0 Å². The summed E-state index contributed by atoms with van der Waals surface area (Å²) in [4.78, 5) is 0.295. The highest BCUT2D eigenvalue weighted by Gasteiger charge is 2.14. The van der Waals surface area contributed by atoms with Crippen molar-refractivity contribution in [3.8, 4) is 0 Å². The van der Waals surface area contributed by atoms with Gasteiger partial charge in [-0.15, -0.1) is 0 Å². The molecular weight excluding hydrogens is 266 g/mol. The van der Waals surface area contributed by atoms with Gasteiger partial charge >= 0.3 is 0 Å². The summed E-state index contributed by atoms with van der Waals surface area (Å²) < 4.78 is 34.4. The highest BCUT2D eigenvalue weighted by molar-refractivity contribution is 7.91. The van der Waals surface area contributed by atoms with Gasteiger partial charge in [-0.3, -0.25) is 0 Å². The van der Waals surface area contributed by atoms with Crippen LogP contribution in [0.1, 0.15) is 12.5 Å². The molecule has 5 nitrogen and oxygen atoms in total. The Kier molecular flexibility index (Phi) is 7.01. The van der Waals surface area contributed by atoms with E-state index in [-0.39, 0.29) is 12.4 Å². The molecule has 1 aromatic carbocycles. The van der Waals surface area contributed by atoms with E-state index in [0.29, 0.717) is 31.3 Å². The summed E-state index contributed by atoms with van der Waals surface area (Å²) in [5, 5.41) is 0. The third kappa shape index (κ3) is 5.69. The standard InChI is InChI=1S/C13H21NO4S/c1-2-17-6-7-18-8-9-19(15,16)13-5-3-4-12(10-13)11-14/h3-5,10H,2,6-9,11,14H2,1H3. The van der Waals surface area contributed by atoms with E-state index in [9.17, 15) is 8.42 Å². The first-order valence-electron chi connectivity index (χ1n) is 6.27. The zero-order valence-corrected chi connectivity index (χ0v) is 12.0. The molecule has 0 heterocycles. The Hall–Kier alpha value is -0.950. The summed E-state index contributed by atoms with van der Waals surface area (Å²) in [6.07, 6.45) is 0. The van der Waals surface area contributed by atoms with Gasteiger partial charge in [0.05, 0.1) is 30.5 Å². The maximum absolute atomic E-state index is 12.0. The summed E-state index contributed by atoms with van der Waals surface area (Å²) >= 11 is 0. The molecule has 0 saturated heterocycles. The molecule has 0 aliphatic rings. The fourth-order valence-electron chi connectivity index (χ4n) is 1.52. The zero-order valence-electron chi connectivity index (χ0n) is 11.2. The van der Waals surface area contributed by atoms with E-state index in [1.54, 1.807) is 24.3 Å². The quantitative estimate of drug-likeness (QED) is 0.685. The van der Waals surface area contributed by atoms with Crippen LogP contribution in [0, 0.1) is 0 Å². The van der Waals surface area contributed by atoms with E-state index in [1.165, 1.54) is 0 Å². The average molecular weight is 287 g/mol. The zero-order chi connectivity index (χ0) is 14.1.